The average molecular weight is 268 g/mol. The Hall–Kier alpha value is -2.33. The number of hydrogen-bond donors (Lipinski definition) is 1. The minimum absolute atomic E-state index is 0.603. The van der Waals surface area contributed by atoms with Gasteiger partial charge in [0, 0.05) is 11.8 Å². The summed E-state index contributed by atoms with van der Waals surface area (Å²) in [5.41, 5.74) is 3.32. The van der Waals surface area contributed by atoms with Crippen molar-refractivity contribution in [2.24, 2.45) is 0 Å². The third-order valence-corrected chi connectivity index (χ3v) is 3.31. The Balaban J connectivity index is 2.26. The summed E-state index contributed by atoms with van der Waals surface area (Å²) in [4.78, 5) is 4.63. The van der Waals surface area contributed by atoms with Crippen LogP contribution in [0.4, 0.5) is 0 Å². The number of methoxy groups -OCH3 is 1. The molecule has 0 spiro atoms. The Morgan fingerprint density at radius 1 is 1.20 bits per heavy atom. The maximum absolute atomic E-state index is 10.1. The fraction of sp³-hybridized carbons (Fsp3) is 0.188. The Bertz CT molecular complexity index is 747. The minimum Gasteiger partial charge on any atom is -0.497 e. The topological polar surface area (TPSA) is 46.8 Å². The zero-order valence-corrected chi connectivity index (χ0v) is 11.4. The van der Waals surface area contributed by atoms with Gasteiger partial charge in [-0.1, -0.05) is 18.2 Å². The molecule has 0 aliphatic rings. The SMILES string of the molecule is COc1cccc(-c2nc3ccccn3c2C(C)O)c1. The van der Waals surface area contributed by atoms with Crippen molar-refractivity contribution in [1.29, 1.82) is 0 Å². The van der Waals surface area contributed by atoms with Crippen LogP contribution in [-0.2, 0) is 0 Å². The first kappa shape index (κ1) is 12.7. The van der Waals surface area contributed by atoms with Crippen molar-refractivity contribution >= 4 is 5.65 Å². The third-order valence-electron chi connectivity index (χ3n) is 3.31. The normalized spacial score (nSPS) is 12.6. The lowest BCUT2D eigenvalue weighted by atomic mass is 10.1. The van der Waals surface area contributed by atoms with Gasteiger partial charge in [0.15, 0.2) is 0 Å². The fourth-order valence-electron chi connectivity index (χ4n) is 2.40. The molecule has 0 bridgehead atoms. The van der Waals surface area contributed by atoms with Gasteiger partial charge in [0.1, 0.15) is 11.4 Å². The van der Waals surface area contributed by atoms with Gasteiger partial charge in [0.25, 0.3) is 0 Å². The average Bonchev–Trinajstić information content (AvgIpc) is 2.87. The summed E-state index contributed by atoms with van der Waals surface area (Å²) in [5.74, 6) is 0.774. The van der Waals surface area contributed by atoms with E-state index < -0.39 is 6.10 Å². The first-order valence-electron chi connectivity index (χ1n) is 6.50. The zero-order valence-electron chi connectivity index (χ0n) is 11.4. The summed E-state index contributed by atoms with van der Waals surface area (Å²) >= 11 is 0. The number of benzene rings is 1. The first-order valence-corrected chi connectivity index (χ1v) is 6.50. The van der Waals surface area contributed by atoms with E-state index in [0.717, 1.165) is 28.3 Å². The van der Waals surface area contributed by atoms with Gasteiger partial charge in [-0.3, -0.25) is 0 Å². The maximum atomic E-state index is 10.1. The molecule has 0 saturated heterocycles. The molecule has 1 unspecified atom stereocenters. The smallest absolute Gasteiger partial charge is 0.137 e. The monoisotopic (exact) mass is 268 g/mol. The molecule has 2 heterocycles. The Kier molecular flexibility index (Phi) is 3.16. The number of ether oxygens (including phenoxy) is 1. The molecule has 0 amide bonds. The molecule has 3 rings (SSSR count). The first-order chi connectivity index (χ1) is 9.70. The quantitative estimate of drug-likeness (QED) is 0.794. The highest BCUT2D eigenvalue weighted by molar-refractivity contribution is 5.68. The number of pyridine rings is 1. The summed E-state index contributed by atoms with van der Waals surface area (Å²) in [6, 6.07) is 13.5. The highest BCUT2D eigenvalue weighted by Crippen LogP contribution is 2.30. The van der Waals surface area contributed by atoms with E-state index in [4.69, 9.17) is 4.74 Å². The lowest BCUT2D eigenvalue weighted by Crippen LogP contribution is -1.99. The second kappa shape index (κ2) is 4.98. The van der Waals surface area contributed by atoms with Crippen LogP contribution in [0.2, 0.25) is 0 Å². The molecule has 3 aromatic rings. The van der Waals surface area contributed by atoms with E-state index in [-0.39, 0.29) is 0 Å². The van der Waals surface area contributed by atoms with Gasteiger partial charge in [0.05, 0.1) is 24.6 Å². The summed E-state index contributed by atoms with van der Waals surface area (Å²) in [6.45, 7) is 1.75. The molecule has 0 aliphatic heterocycles. The van der Waals surface area contributed by atoms with Gasteiger partial charge in [-0.2, -0.15) is 0 Å². The number of nitrogens with zero attached hydrogens (tertiary/aromatic N) is 2. The van der Waals surface area contributed by atoms with E-state index in [2.05, 4.69) is 4.98 Å². The lowest BCUT2D eigenvalue weighted by molar-refractivity contribution is 0.194. The molecule has 1 N–H and O–H groups in total. The Morgan fingerprint density at radius 2 is 2.05 bits per heavy atom. The van der Waals surface area contributed by atoms with Crippen LogP contribution >= 0.6 is 0 Å². The molecule has 20 heavy (non-hydrogen) atoms. The van der Waals surface area contributed by atoms with Crippen LogP contribution in [0, 0.1) is 0 Å². The van der Waals surface area contributed by atoms with Gasteiger partial charge >= 0.3 is 0 Å². The predicted molar refractivity (Wildman–Crippen MR) is 77.8 cm³/mol. The van der Waals surface area contributed by atoms with Crippen LogP contribution in [0.3, 0.4) is 0 Å². The van der Waals surface area contributed by atoms with Crippen molar-refractivity contribution in [2.45, 2.75) is 13.0 Å². The van der Waals surface area contributed by atoms with E-state index >= 15 is 0 Å². The van der Waals surface area contributed by atoms with Crippen molar-refractivity contribution in [2.75, 3.05) is 7.11 Å². The van der Waals surface area contributed by atoms with E-state index in [1.165, 1.54) is 0 Å². The van der Waals surface area contributed by atoms with E-state index in [0.29, 0.717) is 0 Å². The molecule has 102 valence electrons. The van der Waals surface area contributed by atoms with Crippen molar-refractivity contribution < 1.29 is 9.84 Å². The molecule has 0 aliphatic carbocycles. The molecule has 4 heteroatoms. The van der Waals surface area contributed by atoms with Crippen LogP contribution in [0.5, 0.6) is 5.75 Å². The molecular weight excluding hydrogens is 252 g/mol. The summed E-state index contributed by atoms with van der Waals surface area (Å²) in [7, 11) is 1.64. The number of imidazole rings is 1. The second-order valence-corrected chi connectivity index (χ2v) is 4.68. The maximum Gasteiger partial charge on any atom is 0.137 e. The molecule has 0 fully saturated rings. The standard InChI is InChI=1S/C16H16N2O2/c1-11(19)16-15(12-6-5-7-13(10-12)20-2)17-14-8-3-4-9-18(14)16/h3-11,19H,1-2H3. The second-order valence-electron chi connectivity index (χ2n) is 4.68. The van der Waals surface area contributed by atoms with Gasteiger partial charge in [0.2, 0.25) is 0 Å². The summed E-state index contributed by atoms with van der Waals surface area (Å²) in [5, 5.41) is 10.1. The van der Waals surface area contributed by atoms with Crippen molar-refractivity contribution in [3.8, 4) is 17.0 Å². The highest BCUT2D eigenvalue weighted by Gasteiger charge is 2.17. The van der Waals surface area contributed by atoms with Crippen LogP contribution in [0.25, 0.3) is 16.9 Å². The van der Waals surface area contributed by atoms with Gasteiger partial charge in [-0.05, 0) is 31.2 Å². The van der Waals surface area contributed by atoms with Crippen molar-refractivity contribution in [1.82, 2.24) is 9.38 Å². The molecule has 1 atom stereocenters. The van der Waals surface area contributed by atoms with E-state index in [1.54, 1.807) is 14.0 Å². The number of aliphatic hydroxyl groups excluding tert-OH is 1. The largest absolute Gasteiger partial charge is 0.497 e. The Labute approximate surface area is 117 Å². The number of aromatic nitrogens is 2. The van der Waals surface area contributed by atoms with E-state index in [9.17, 15) is 5.11 Å². The predicted octanol–water partition coefficient (Wildman–Crippen LogP) is 3.06. The van der Waals surface area contributed by atoms with E-state index in [1.807, 2.05) is 53.1 Å². The van der Waals surface area contributed by atoms with Crippen LogP contribution in [0.15, 0.2) is 48.7 Å². The molecule has 1 aromatic carbocycles. The van der Waals surface area contributed by atoms with Crippen molar-refractivity contribution in [3.63, 3.8) is 0 Å². The van der Waals surface area contributed by atoms with Crippen LogP contribution in [0.1, 0.15) is 18.7 Å². The summed E-state index contributed by atoms with van der Waals surface area (Å²) in [6.07, 6.45) is 1.31. The lowest BCUT2D eigenvalue weighted by Gasteiger charge is -2.08. The van der Waals surface area contributed by atoms with Crippen molar-refractivity contribution in [3.05, 3.63) is 54.4 Å². The number of fused-ring (bicyclic) bond motifs is 1. The van der Waals surface area contributed by atoms with Gasteiger partial charge in [-0.15, -0.1) is 0 Å². The molecule has 0 radical (unpaired) electrons. The van der Waals surface area contributed by atoms with Gasteiger partial charge in [-0.25, -0.2) is 4.98 Å². The van der Waals surface area contributed by atoms with Crippen LogP contribution < -0.4 is 4.74 Å². The number of rotatable bonds is 3. The fourth-order valence-corrected chi connectivity index (χ4v) is 2.40. The summed E-state index contributed by atoms with van der Waals surface area (Å²) < 4.78 is 7.17. The third kappa shape index (κ3) is 2.04. The molecule has 4 nitrogen and oxygen atoms in total. The number of aliphatic hydroxyl groups is 1. The molecule has 2 aromatic heterocycles. The number of hydrogen-bond acceptors (Lipinski definition) is 3. The Morgan fingerprint density at radius 3 is 2.80 bits per heavy atom. The molecule has 0 saturated carbocycles. The minimum atomic E-state index is -0.603. The van der Waals surface area contributed by atoms with Crippen LogP contribution in [-0.4, -0.2) is 21.6 Å². The molecular formula is C16H16N2O2. The zero-order chi connectivity index (χ0) is 14.1. The highest BCUT2D eigenvalue weighted by atomic mass is 16.5. The van der Waals surface area contributed by atoms with Gasteiger partial charge < -0.3 is 14.2 Å².